The van der Waals surface area contributed by atoms with Crippen LogP contribution in [0.3, 0.4) is 0 Å². The molecule has 0 radical (unpaired) electrons. The molecule has 1 N–H and O–H groups in total. The quantitative estimate of drug-likeness (QED) is 0.737. The summed E-state index contributed by atoms with van der Waals surface area (Å²) in [5, 5.41) is 10.2. The highest BCUT2D eigenvalue weighted by molar-refractivity contribution is 7.12. The molecular formula is C18H20N4O2S. The largest absolute Gasteiger partial charge is 0.496 e. The number of hydrogen-bond donors (Lipinski definition) is 1. The van der Waals surface area contributed by atoms with E-state index in [0.29, 0.717) is 24.3 Å². The summed E-state index contributed by atoms with van der Waals surface area (Å²) in [6.45, 7) is 4.48. The normalized spacial score (nSPS) is 10.7. The average molecular weight is 356 g/mol. The number of ether oxygens (including phenoxy) is 1. The molecule has 7 heteroatoms. The maximum Gasteiger partial charge on any atom is 0.255 e. The number of carbonyl (C=O) groups excluding carboxylic acids is 1. The molecule has 3 rings (SSSR count). The third-order valence-electron chi connectivity index (χ3n) is 3.75. The minimum Gasteiger partial charge on any atom is -0.496 e. The summed E-state index contributed by atoms with van der Waals surface area (Å²) in [5.74, 6) is 0.423. The predicted octanol–water partition coefficient (Wildman–Crippen LogP) is 2.93. The summed E-state index contributed by atoms with van der Waals surface area (Å²) < 4.78 is 7.06. The number of thiazole rings is 1. The first-order valence-corrected chi connectivity index (χ1v) is 8.85. The van der Waals surface area contributed by atoms with Crippen LogP contribution in [0.5, 0.6) is 5.75 Å². The summed E-state index contributed by atoms with van der Waals surface area (Å²) in [6, 6.07) is 9.20. The summed E-state index contributed by atoms with van der Waals surface area (Å²) in [5.41, 5.74) is 3.50. The molecule has 1 amide bonds. The molecule has 0 fully saturated rings. The van der Waals surface area contributed by atoms with Gasteiger partial charge in [0, 0.05) is 24.0 Å². The van der Waals surface area contributed by atoms with Gasteiger partial charge in [0.05, 0.1) is 24.1 Å². The molecule has 0 saturated carbocycles. The highest BCUT2D eigenvalue weighted by Gasteiger charge is 2.12. The summed E-state index contributed by atoms with van der Waals surface area (Å²) in [7, 11) is 1.56. The topological polar surface area (TPSA) is 69.0 Å². The zero-order chi connectivity index (χ0) is 17.8. The number of benzene rings is 1. The van der Waals surface area contributed by atoms with Crippen molar-refractivity contribution in [3.8, 4) is 10.9 Å². The van der Waals surface area contributed by atoms with Crippen molar-refractivity contribution in [2.24, 2.45) is 0 Å². The van der Waals surface area contributed by atoms with Crippen LogP contribution in [0.1, 0.15) is 27.4 Å². The molecule has 0 bridgehead atoms. The summed E-state index contributed by atoms with van der Waals surface area (Å²) in [6.07, 6.45) is 0.663. The molecular weight excluding hydrogens is 336 g/mol. The minimum absolute atomic E-state index is 0.147. The first-order chi connectivity index (χ1) is 12.1. The molecule has 0 spiro atoms. The van der Waals surface area contributed by atoms with Crippen molar-refractivity contribution in [2.75, 3.05) is 13.7 Å². The molecule has 0 unspecified atom stereocenters. The van der Waals surface area contributed by atoms with E-state index < -0.39 is 0 Å². The fourth-order valence-electron chi connectivity index (χ4n) is 2.56. The Kier molecular flexibility index (Phi) is 5.14. The van der Waals surface area contributed by atoms with Crippen molar-refractivity contribution in [1.82, 2.24) is 20.1 Å². The Balaban J connectivity index is 1.59. The van der Waals surface area contributed by atoms with Crippen molar-refractivity contribution in [3.63, 3.8) is 0 Å². The van der Waals surface area contributed by atoms with E-state index in [1.165, 1.54) is 0 Å². The Hall–Kier alpha value is -2.67. The second-order valence-corrected chi connectivity index (χ2v) is 6.50. The summed E-state index contributed by atoms with van der Waals surface area (Å²) in [4.78, 5) is 16.9. The molecule has 0 aliphatic heterocycles. The molecule has 2 heterocycles. The van der Waals surface area contributed by atoms with E-state index in [0.717, 1.165) is 22.2 Å². The van der Waals surface area contributed by atoms with Crippen molar-refractivity contribution in [1.29, 1.82) is 0 Å². The first kappa shape index (κ1) is 17.2. The third-order valence-corrected chi connectivity index (χ3v) is 4.61. The number of nitrogens with zero attached hydrogens (tertiary/aromatic N) is 3. The maximum atomic E-state index is 12.3. The van der Waals surface area contributed by atoms with Crippen molar-refractivity contribution >= 4 is 17.2 Å². The van der Waals surface area contributed by atoms with Crippen LogP contribution in [0, 0.1) is 13.8 Å². The number of carbonyl (C=O) groups is 1. The zero-order valence-corrected chi connectivity index (χ0v) is 15.3. The number of rotatable bonds is 6. The van der Waals surface area contributed by atoms with E-state index in [-0.39, 0.29) is 5.91 Å². The second-order valence-electron chi connectivity index (χ2n) is 5.67. The van der Waals surface area contributed by atoms with Gasteiger partial charge in [0.25, 0.3) is 5.91 Å². The number of hydrogen-bond acceptors (Lipinski definition) is 5. The Morgan fingerprint density at radius 1 is 1.32 bits per heavy atom. The Morgan fingerprint density at radius 3 is 2.84 bits per heavy atom. The number of aryl methyl sites for hydroxylation is 2. The van der Waals surface area contributed by atoms with Crippen molar-refractivity contribution in [2.45, 2.75) is 20.3 Å². The molecule has 0 atom stereocenters. The minimum atomic E-state index is -0.147. The Labute approximate surface area is 150 Å². The molecule has 0 aliphatic carbocycles. The van der Waals surface area contributed by atoms with Crippen LogP contribution in [0.25, 0.3) is 5.13 Å². The fourth-order valence-corrected chi connectivity index (χ4v) is 3.43. The molecule has 0 saturated heterocycles. The van der Waals surface area contributed by atoms with Crippen LogP contribution in [-0.4, -0.2) is 34.3 Å². The maximum absolute atomic E-state index is 12.3. The van der Waals surface area contributed by atoms with E-state index in [2.05, 4.69) is 15.4 Å². The van der Waals surface area contributed by atoms with Gasteiger partial charge in [-0.1, -0.05) is 12.1 Å². The van der Waals surface area contributed by atoms with Gasteiger partial charge in [-0.2, -0.15) is 5.10 Å². The van der Waals surface area contributed by atoms with Crippen LogP contribution in [-0.2, 0) is 6.42 Å². The molecule has 25 heavy (non-hydrogen) atoms. The van der Waals surface area contributed by atoms with Gasteiger partial charge in [-0.05, 0) is 32.0 Å². The predicted molar refractivity (Wildman–Crippen MR) is 97.7 cm³/mol. The van der Waals surface area contributed by atoms with Crippen LogP contribution in [0.15, 0.2) is 35.7 Å². The summed E-state index contributed by atoms with van der Waals surface area (Å²) >= 11 is 1.55. The third kappa shape index (κ3) is 3.88. The standard InChI is InChI=1S/C18H20N4O2S/c1-12-10-13(2)22(21-12)18-20-14(11-25-18)8-9-19-17(23)15-6-4-5-7-16(15)24-3/h4-7,10-11H,8-9H2,1-3H3,(H,19,23). The highest BCUT2D eigenvalue weighted by Crippen LogP contribution is 2.18. The lowest BCUT2D eigenvalue weighted by Gasteiger charge is -2.08. The van der Waals surface area contributed by atoms with Gasteiger partial charge in [0.15, 0.2) is 0 Å². The number of aromatic nitrogens is 3. The fraction of sp³-hybridized carbons (Fsp3) is 0.278. The smallest absolute Gasteiger partial charge is 0.255 e. The number of para-hydroxylation sites is 1. The van der Waals surface area contributed by atoms with Crippen LogP contribution < -0.4 is 10.1 Å². The highest BCUT2D eigenvalue weighted by atomic mass is 32.1. The van der Waals surface area contributed by atoms with E-state index in [1.807, 2.05) is 42.1 Å². The monoisotopic (exact) mass is 356 g/mol. The van der Waals surface area contributed by atoms with E-state index in [1.54, 1.807) is 30.6 Å². The SMILES string of the molecule is COc1ccccc1C(=O)NCCc1csc(-n2nc(C)cc2C)n1. The van der Waals surface area contributed by atoms with Crippen LogP contribution in [0.4, 0.5) is 0 Å². The second kappa shape index (κ2) is 7.48. The number of methoxy groups -OCH3 is 1. The van der Waals surface area contributed by atoms with E-state index in [9.17, 15) is 4.79 Å². The van der Waals surface area contributed by atoms with Gasteiger partial charge >= 0.3 is 0 Å². The molecule has 3 aromatic rings. The Bertz CT molecular complexity index is 885. The molecule has 130 valence electrons. The van der Waals surface area contributed by atoms with Crippen LogP contribution >= 0.6 is 11.3 Å². The molecule has 0 aliphatic rings. The van der Waals surface area contributed by atoms with Gasteiger partial charge in [-0.15, -0.1) is 11.3 Å². The van der Waals surface area contributed by atoms with Crippen molar-refractivity contribution < 1.29 is 9.53 Å². The Morgan fingerprint density at radius 2 is 2.12 bits per heavy atom. The van der Waals surface area contributed by atoms with Crippen molar-refractivity contribution in [3.05, 3.63) is 58.4 Å². The molecule has 6 nitrogen and oxygen atoms in total. The van der Waals surface area contributed by atoms with E-state index in [4.69, 9.17) is 4.74 Å². The molecule has 1 aromatic carbocycles. The lowest BCUT2D eigenvalue weighted by molar-refractivity contribution is 0.0951. The zero-order valence-electron chi connectivity index (χ0n) is 14.4. The van der Waals surface area contributed by atoms with Gasteiger partial charge < -0.3 is 10.1 Å². The van der Waals surface area contributed by atoms with Gasteiger partial charge in [-0.25, -0.2) is 9.67 Å². The number of nitrogens with one attached hydrogen (secondary N) is 1. The van der Waals surface area contributed by atoms with Gasteiger partial charge in [-0.3, -0.25) is 4.79 Å². The van der Waals surface area contributed by atoms with Crippen LogP contribution in [0.2, 0.25) is 0 Å². The molecule has 2 aromatic heterocycles. The van der Waals surface area contributed by atoms with Gasteiger partial charge in [0.2, 0.25) is 5.13 Å². The number of amides is 1. The lowest BCUT2D eigenvalue weighted by Crippen LogP contribution is -2.26. The van der Waals surface area contributed by atoms with Gasteiger partial charge in [0.1, 0.15) is 5.75 Å². The average Bonchev–Trinajstić information content (AvgIpc) is 3.20. The lowest BCUT2D eigenvalue weighted by atomic mass is 10.2. The first-order valence-electron chi connectivity index (χ1n) is 7.97. The van der Waals surface area contributed by atoms with E-state index >= 15 is 0 Å².